The Kier molecular flexibility index (Phi) is 3.31. The highest BCUT2D eigenvalue weighted by atomic mass is 16.5. The third-order valence-electron chi connectivity index (χ3n) is 1.73. The van der Waals surface area contributed by atoms with E-state index in [9.17, 15) is 4.79 Å². The van der Waals surface area contributed by atoms with Gasteiger partial charge in [-0.1, -0.05) is 6.08 Å². The van der Waals surface area contributed by atoms with E-state index in [1.165, 1.54) is 13.4 Å². The van der Waals surface area contributed by atoms with E-state index in [-0.39, 0.29) is 5.97 Å². The topological polar surface area (TPSA) is 39.4 Å². The summed E-state index contributed by atoms with van der Waals surface area (Å²) >= 11 is 0. The summed E-state index contributed by atoms with van der Waals surface area (Å²) in [6.45, 7) is 3.60. The third kappa shape index (κ3) is 2.21. The van der Waals surface area contributed by atoms with Gasteiger partial charge in [0.2, 0.25) is 0 Å². The van der Waals surface area contributed by atoms with E-state index >= 15 is 0 Å². The van der Waals surface area contributed by atoms with Crippen LogP contribution in [0.15, 0.2) is 29.4 Å². The Bertz CT molecular complexity index is 299. The normalized spacial score (nSPS) is 9.62. The predicted molar refractivity (Wildman–Crippen MR) is 48.6 cm³/mol. The van der Waals surface area contributed by atoms with Crippen molar-refractivity contribution in [3.63, 3.8) is 0 Å². The molecule has 0 aliphatic rings. The van der Waals surface area contributed by atoms with E-state index in [1.807, 2.05) is 0 Å². The van der Waals surface area contributed by atoms with Crippen LogP contribution in [-0.4, -0.2) is 13.1 Å². The second kappa shape index (κ2) is 4.50. The molecule has 0 unspecified atom stereocenters. The fraction of sp³-hybridized carbons (Fsp3) is 0.300. The van der Waals surface area contributed by atoms with Crippen LogP contribution in [0.25, 0.3) is 0 Å². The first-order chi connectivity index (χ1) is 6.29. The molecule has 0 saturated carbocycles. The first-order valence-electron chi connectivity index (χ1n) is 4.05. The standard InChI is InChI=1S/C10H12O3/c1-3-4-5-9-8(6-7-13-9)10(11)12-2/h3,6-7H,1,4-5H2,2H3. The van der Waals surface area contributed by atoms with E-state index in [4.69, 9.17) is 4.42 Å². The number of aryl methyl sites for hydroxylation is 1. The predicted octanol–water partition coefficient (Wildman–Crippen LogP) is 2.18. The van der Waals surface area contributed by atoms with E-state index < -0.39 is 0 Å². The highest BCUT2D eigenvalue weighted by molar-refractivity contribution is 5.90. The zero-order valence-corrected chi connectivity index (χ0v) is 7.58. The molecule has 3 nitrogen and oxygen atoms in total. The number of esters is 1. The van der Waals surface area contributed by atoms with Crippen molar-refractivity contribution < 1.29 is 13.9 Å². The van der Waals surface area contributed by atoms with Crippen LogP contribution in [0.5, 0.6) is 0 Å². The summed E-state index contributed by atoms with van der Waals surface area (Å²) < 4.78 is 9.73. The van der Waals surface area contributed by atoms with Gasteiger partial charge in [-0.15, -0.1) is 6.58 Å². The molecule has 0 aromatic carbocycles. The molecule has 1 heterocycles. The van der Waals surface area contributed by atoms with Crippen molar-refractivity contribution in [3.05, 3.63) is 36.3 Å². The van der Waals surface area contributed by atoms with Gasteiger partial charge in [-0.25, -0.2) is 4.79 Å². The molecule has 1 rings (SSSR count). The van der Waals surface area contributed by atoms with Gasteiger partial charge >= 0.3 is 5.97 Å². The van der Waals surface area contributed by atoms with Crippen molar-refractivity contribution >= 4 is 5.97 Å². The number of ether oxygens (including phenoxy) is 1. The number of hydrogen-bond acceptors (Lipinski definition) is 3. The summed E-state index contributed by atoms with van der Waals surface area (Å²) in [7, 11) is 1.35. The average Bonchev–Trinajstić information content (AvgIpc) is 2.61. The fourth-order valence-electron chi connectivity index (χ4n) is 1.06. The summed E-state index contributed by atoms with van der Waals surface area (Å²) in [4.78, 5) is 11.2. The van der Waals surface area contributed by atoms with Crippen LogP contribution in [0.3, 0.4) is 0 Å². The van der Waals surface area contributed by atoms with Gasteiger partial charge in [0.1, 0.15) is 11.3 Å². The molecule has 13 heavy (non-hydrogen) atoms. The van der Waals surface area contributed by atoms with Gasteiger partial charge in [-0.2, -0.15) is 0 Å². The molecule has 0 bridgehead atoms. The number of methoxy groups -OCH3 is 1. The number of allylic oxidation sites excluding steroid dienone is 1. The highest BCUT2D eigenvalue weighted by Crippen LogP contribution is 2.13. The van der Waals surface area contributed by atoms with Crippen molar-refractivity contribution in [3.8, 4) is 0 Å². The average molecular weight is 180 g/mol. The minimum Gasteiger partial charge on any atom is -0.468 e. The van der Waals surface area contributed by atoms with Crippen LogP contribution in [0, 0.1) is 0 Å². The summed E-state index contributed by atoms with van der Waals surface area (Å²) in [6, 6.07) is 1.62. The molecule has 0 aliphatic carbocycles. The third-order valence-corrected chi connectivity index (χ3v) is 1.73. The first kappa shape index (κ1) is 9.58. The molecule has 0 spiro atoms. The lowest BCUT2D eigenvalue weighted by molar-refractivity contribution is 0.0598. The van der Waals surface area contributed by atoms with E-state index in [2.05, 4.69) is 11.3 Å². The molecule has 70 valence electrons. The Morgan fingerprint density at radius 2 is 2.54 bits per heavy atom. The van der Waals surface area contributed by atoms with Crippen LogP contribution in [-0.2, 0) is 11.2 Å². The number of hydrogen-bond donors (Lipinski definition) is 0. The van der Waals surface area contributed by atoms with Gasteiger partial charge < -0.3 is 9.15 Å². The van der Waals surface area contributed by atoms with E-state index in [0.29, 0.717) is 17.7 Å². The lowest BCUT2D eigenvalue weighted by atomic mass is 10.1. The van der Waals surface area contributed by atoms with Crippen molar-refractivity contribution in [2.45, 2.75) is 12.8 Å². The Balaban J connectivity index is 2.76. The highest BCUT2D eigenvalue weighted by Gasteiger charge is 2.13. The summed E-state index contributed by atoms with van der Waals surface area (Å²) in [5.74, 6) is 0.305. The Morgan fingerprint density at radius 3 is 3.15 bits per heavy atom. The molecular formula is C10H12O3. The minimum absolute atomic E-state index is 0.354. The maximum atomic E-state index is 11.2. The van der Waals surface area contributed by atoms with Crippen LogP contribution in [0.2, 0.25) is 0 Å². The van der Waals surface area contributed by atoms with Crippen molar-refractivity contribution in [2.75, 3.05) is 7.11 Å². The minimum atomic E-state index is -0.354. The summed E-state index contributed by atoms with van der Waals surface area (Å²) in [5, 5.41) is 0. The lowest BCUT2D eigenvalue weighted by Crippen LogP contribution is -2.02. The summed E-state index contributed by atoms with van der Waals surface area (Å²) in [6.07, 6.45) is 4.74. The second-order valence-electron chi connectivity index (χ2n) is 2.58. The van der Waals surface area contributed by atoms with Gasteiger partial charge in [-0.05, 0) is 12.5 Å². The summed E-state index contributed by atoms with van der Waals surface area (Å²) in [5.41, 5.74) is 0.504. The Labute approximate surface area is 77.0 Å². The van der Waals surface area contributed by atoms with Gasteiger partial charge in [0.15, 0.2) is 0 Å². The largest absolute Gasteiger partial charge is 0.468 e. The molecule has 0 aliphatic heterocycles. The SMILES string of the molecule is C=CCCc1occc1C(=O)OC. The molecule has 1 aromatic rings. The van der Waals surface area contributed by atoms with Gasteiger partial charge in [-0.3, -0.25) is 0 Å². The van der Waals surface area contributed by atoms with Crippen LogP contribution < -0.4 is 0 Å². The van der Waals surface area contributed by atoms with Crippen molar-refractivity contribution in [1.82, 2.24) is 0 Å². The molecule has 0 saturated heterocycles. The molecule has 0 N–H and O–H groups in total. The van der Waals surface area contributed by atoms with Crippen LogP contribution >= 0.6 is 0 Å². The lowest BCUT2D eigenvalue weighted by Gasteiger charge is -1.98. The van der Waals surface area contributed by atoms with Crippen LogP contribution in [0.1, 0.15) is 22.5 Å². The maximum Gasteiger partial charge on any atom is 0.341 e. The smallest absolute Gasteiger partial charge is 0.341 e. The number of carbonyl (C=O) groups is 1. The van der Waals surface area contributed by atoms with Crippen molar-refractivity contribution in [2.24, 2.45) is 0 Å². The second-order valence-corrected chi connectivity index (χ2v) is 2.58. The van der Waals surface area contributed by atoms with Gasteiger partial charge in [0.25, 0.3) is 0 Å². The van der Waals surface area contributed by atoms with E-state index in [0.717, 1.165) is 6.42 Å². The molecular weight excluding hydrogens is 168 g/mol. The molecule has 0 fully saturated rings. The Morgan fingerprint density at radius 1 is 1.77 bits per heavy atom. The molecule has 1 aromatic heterocycles. The number of furan rings is 1. The zero-order valence-electron chi connectivity index (χ0n) is 7.58. The van der Waals surface area contributed by atoms with Gasteiger partial charge in [0.05, 0.1) is 13.4 Å². The fourth-order valence-corrected chi connectivity index (χ4v) is 1.06. The van der Waals surface area contributed by atoms with Gasteiger partial charge in [0, 0.05) is 6.42 Å². The monoisotopic (exact) mass is 180 g/mol. The molecule has 3 heteroatoms. The molecule has 0 radical (unpaired) electrons. The number of rotatable bonds is 4. The van der Waals surface area contributed by atoms with Crippen LogP contribution in [0.4, 0.5) is 0 Å². The van der Waals surface area contributed by atoms with Crippen molar-refractivity contribution in [1.29, 1.82) is 0 Å². The zero-order chi connectivity index (χ0) is 9.68. The van der Waals surface area contributed by atoms with E-state index in [1.54, 1.807) is 12.1 Å². The Hall–Kier alpha value is -1.51. The number of carbonyl (C=O) groups excluding carboxylic acids is 1. The quantitative estimate of drug-likeness (QED) is 0.526. The first-order valence-corrected chi connectivity index (χ1v) is 4.05. The maximum absolute atomic E-state index is 11.2. The molecule has 0 amide bonds. The molecule has 0 atom stereocenters.